The van der Waals surface area contributed by atoms with Crippen molar-refractivity contribution in [1.82, 2.24) is 10.6 Å². The molecular formula is C13H18N2O. The average Bonchev–Trinajstić information content (AvgIpc) is 2.34. The molecule has 0 saturated carbocycles. The van der Waals surface area contributed by atoms with Gasteiger partial charge < -0.3 is 10.6 Å². The number of hydrogen-bond donors (Lipinski definition) is 2. The van der Waals surface area contributed by atoms with Gasteiger partial charge in [0.05, 0.1) is 0 Å². The third-order valence-corrected chi connectivity index (χ3v) is 2.94. The summed E-state index contributed by atoms with van der Waals surface area (Å²) < 4.78 is 0. The maximum Gasteiger partial charge on any atom is 0.314 e. The highest BCUT2D eigenvalue weighted by atomic mass is 16.2. The fourth-order valence-electron chi connectivity index (χ4n) is 2.07. The molecule has 1 aliphatic rings. The molecule has 1 aromatic rings. The first-order chi connectivity index (χ1) is 7.86. The van der Waals surface area contributed by atoms with Crippen LogP contribution in [-0.2, 0) is 12.8 Å². The number of carbonyl (C=O) groups excluding carboxylic acids is 1. The highest BCUT2D eigenvalue weighted by Crippen LogP contribution is 2.13. The largest absolute Gasteiger partial charge is 0.338 e. The van der Waals surface area contributed by atoms with Crippen molar-refractivity contribution >= 4 is 6.03 Å². The topological polar surface area (TPSA) is 41.1 Å². The smallest absolute Gasteiger partial charge is 0.314 e. The Kier molecular flexibility index (Phi) is 3.81. The minimum Gasteiger partial charge on any atom is -0.338 e. The van der Waals surface area contributed by atoms with Gasteiger partial charge in [-0.25, -0.2) is 4.79 Å². The third kappa shape index (κ3) is 2.99. The van der Waals surface area contributed by atoms with Gasteiger partial charge in [0, 0.05) is 13.1 Å². The van der Waals surface area contributed by atoms with Gasteiger partial charge in [-0.15, -0.1) is 0 Å². The lowest BCUT2D eigenvalue weighted by Gasteiger charge is -2.07. The fourth-order valence-corrected chi connectivity index (χ4v) is 2.07. The first kappa shape index (κ1) is 11.0. The van der Waals surface area contributed by atoms with Gasteiger partial charge in [-0.3, -0.25) is 0 Å². The van der Waals surface area contributed by atoms with Crippen molar-refractivity contribution in [3.05, 3.63) is 35.4 Å². The molecule has 0 bridgehead atoms. The molecule has 0 spiro atoms. The predicted octanol–water partition coefficient (Wildman–Crippen LogP) is 1.86. The van der Waals surface area contributed by atoms with Crippen LogP contribution < -0.4 is 10.6 Å². The summed E-state index contributed by atoms with van der Waals surface area (Å²) >= 11 is 0. The van der Waals surface area contributed by atoms with Crippen LogP contribution in [0.5, 0.6) is 0 Å². The zero-order valence-electron chi connectivity index (χ0n) is 9.46. The lowest BCUT2D eigenvalue weighted by molar-refractivity contribution is 0.240. The van der Waals surface area contributed by atoms with Crippen molar-refractivity contribution in [1.29, 1.82) is 0 Å². The summed E-state index contributed by atoms with van der Waals surface area (Å²) in [4.78, 5) is 11.3. The molecule has 1 aromatic carbocycles. The summed E-state index contributed by atoms with van der Waals surface area (Å²) in [7, 11) is 0. The van der Waals surface area contributed by atoms with Crippen LogP contribution in [-0.4, -0.2) is 19.1 Å². The van der Waals surface area contributed by atoms with E-state index in [0.29, 0.717) is 0 Å². The average molecular weight is 218 g/mol. The molecular weight excluding hydrogens is 200 g/mol. The molecule has 3 heteroatoms. The van der Waals surface area contributed by atoms with E-state index in [0.717, 1.165) is 38.8 Å². The maximum atomic E-state index is 11.3. The number of nitrogens with one attached hydrogen (secondary N) is 2. The van der Waals surface area contributed by atoms with Gasteiger partial charge >= 0.3 is 6.03 Å². The maximum absolute atomic E-state index is 11.3. The van der Waals surface area contributed by atoms with Crippen LogP contribution in [0.15, 0.2) is 24.3 Å². The summed E-state index contributed by atoms with van der Waals surface area (Å²) in [6.07, 6.45) is 4.11. The molecule has 0 unspecified atom stereocenters. The molecule has 86 valence electrons. The van der Waals surface area contributed by atoms with Crippen molar-refractivity contribution in [2.45, 2.75) is 25.7 Å². The van der Waals surface area contributed by atoms with Crippen LogP contribution in [0.4, 0.5) is 4.79 Å². The van der Waals surface area contributed by atoms with Gasteiger partial charge in [0.15, 0.2) is 0 Å². The Balaban J connectivity index is 2.06. The van der Waals surface area contributed by atoms with Crippen molar-refractivity contribution in [3.63, 3.8) is 0 Å². The lowest BCUT2D eigenvalue weighted by Crippen LogP contribution is -2.36. The number of benzene rings is 1. The van der Waals surface area contributed by atoms with Crippen LogP contribution in [0.3, 0.4) is 0 Å². The molecule has 16 heavy (non-hydrogen) atoms. The summed E-state index contributed by atoms with van der Waals surface area (Å²) in [5.74, 6) is 0. The molecule has 0 aliphatic carbocycles. The van der Waals surface area contributed by atoms with Gasteiger partial charge in [-0.05, 0) is 36.8 Å². The van der Waals surface area contributed by atoms with E-state index in [4.69, 9.17) is 0 Å². The monoisotopic (exact) mass is 218 g/mol. The Hall–Kier alpha value is -1.51. The highest BCUT2D eigenvalue weighted by molar-refractivity contribution is 5.73. The first-order valence-corrected chi connectivity index (χ1v) is 5.95. The van der Waals surface area contributed by atoms with Crippen LogP contribution in [0.2, 0.25) is 0 Å². The zero-order chi connectivity index (χ0) is 11.2. The standard InChI is InChI=1S/C13H18N2O/c16-13-14-9-3-7-11-5-1-2-6-12(11)8-4-10-15-13/h1-2,5-6H,3-4,7-10H2,(H2,14,15,16). The number of amides is 2. The number of hydrogen-bond acceptors (Lipinski definition) is 1. The van der Waals surface area contributed by atoms with Gasteiger partial charge in [0.2, 0.25) is 0 Å². The Morgan fingerprint density at radius 3 is 1.88 bits per heavy atom. The van der Waals surface area contributed by atoms with Crippen molar-refractivity contribution in [2.75, 3.05) is 13.1 Å². The molecule has 2 amide bonds. The van der Waals surface area contributed by atoms with E-state index in [-0.39, 0.29) is 6.03 Å². The van der Waals surface area contributed by atoms with Gasteiger partial charge in [-0.1, -0.05) is 24.3 Å². The Labute approximate surface area is 96.2 Å². The third-order valence-electron chi connectivity index (χ3n) is 2.94. The van der Waals surface area contributed by atoms with Gasteiger partial charge in [0.25, 0.3) is 0 Å². The first-order valence-electron chi connectivity index (χ1n) is 5.95. The highest BCUT2D eigenvalue weighted by Gasteiger charge is 2.05. The molecule has 2 N–H and O–H groups in total. The van der Waals surface area contributed by atoms with E-state index in [2.05, 4.69) is 34.9 Å². The predicted molar refractivity (Wildman–Crippen MR) is 64.5 cm³/mol. The molecule has 0 aromatic heterocycles. The SMILES string of the molecule is O=C1NCCCc2ccccc2CCCN1. The summed E-state index contributed by atoms with van der Waals surface area (Å²) in [6.45, 7) is 1.50. The number of carbonyl (C=O) groups is 1. The Morgan fingerprint density at radius 1 is 0.875 bits per heavy atom. The van der Waals surface area contributed by atoms with Crippen molar-refractivity contribution in [3.8, 4) is 0 Å². The number of rotatable bonds is 0. The second-order valence-corrected chi connectivity index (χ2v) is 4.16. The Bertz CT molecular complexity index is 330. The van der Waals surface area contributed by atoms with E-state index in [1.165, 1.54) is 11.1 Å². The Morgan fingerprint density at radius 2 is 1.38 bits per heavy atom. The van der Waals surface area contributed by atoms with E-state index in [1.807, 2.05) is 0 Å². The summed E-state index contributed by atoms with van der Waals surface area (Å²) in [5.41, 5.74) is 2.86. The van der Waals surface area contributed by atoms with E-state index < -0.39 is 0 Å². The molecule has 1 heterocycles. The zero-order valence-corrected chi connectivity index (χ0v) is 9.46. The molecule has 0 fully saturated rings. The van der Waals surface area contributed by atoms with Crippen LogP contribution in [0, 0.1) is 0 Å². The van der Waals surface area contributed by atoms with E-state index >= 15 is 0 Å². The van der Waals surface area contributed by atoms with Crippen molar-refractivity contribution in [2.24, 2.45) is 0 Å². The summed E-state index contributed by atoms with van der Waals surface area (Å²) in [6, 6.07) is 8.54. The minimum atomic E-state index is -0.0362. The normalized spacial score (nSPS) is 17.6. The van der Waals surface area contributed by atoms with E-state index in [1.54, 1.807) is 0 Å². The molecule has 0 saturated heterocycles. The fraction of sp³-hybridized carbons (Fsp3) is 0.462. The molecule has 2 rings (SSSR count). The van der Waals surface area contributed by atoms with Crippen LogP contribution >= 0.6 is 0 Å². The number of fused-ring (bicyclic) bond motifs is 1. The molecule has 1 aliphatic heterocycles. The minimum absolute atomic E-state index is 0.0362. The van der Waals surface area contributed by atoms with Crippen LogP contribution in [0.25, 0.3) is 0 Å². The number of urea groups is 1. The molecule has 3 nitrogen and oxygen atoms in total. The lowest BCUT2D eigenvalue weighted by atomic mass is 9.99. The molecule has 0 atom stereocenters. The van der Waals surface area contributed by atoms with Crippen molar-refractivity contribution < 1.29 is 4.79 Å². The second-order valence-electron chi connectivity index (χ2n) is 4.16. The summed E-state index contributed by atoms with van der Waals surface area (Å²) in [5, 5.41) is 5.72. The van der Waals surface area contributed by atoms with E-state index in [9.17, 15) is 4.79 Å². The number of aryl methyl sites for hydroxylation is 2. The quantitative estimate of drug-likeness (QED) is 0.685. The molecule has 0 radical (unpaired) electrons. The van der Waals surface area contributed by atoms with Gasteiger partial charge in [0.1, 0.15) is 0 Å². The van der Waals surface area contributed by atoms with Gasteiger partial charge in [-0.2, -0.15) is 0 Å². The second kappa shape index (κ2) is 5.54. The van der Waals surface area contributed by atoms with Crippen LogP contribution in [0.1, 0.15) is 24.0 Å².